The van der Waals surface area contributed by atoms with Crippen molar-refractivity contribution in [3.63, 3.8) is 0 Å². The molecule has 2 aromatic rings. The molecule has 0 aliphatic carbocycles. The zero-order valence-electron chi connectivity index (χ0n) is 11.3. The first-order chi connectivity index (χ1) is 10.1. The first kappa shape index (κ1) is 14.5. The molecule has 0 bridgehead atoms. The van der Waals surface area contributed by atoms with E-state index in [0.717, 1.165) is 5.56 Å². The lowest BCUT2D eigenvalue weighted by Crippen LogP contribution is -2.09. The normalized spacial score (nSPS) is 10.0. The van der Waals surface area contributed by atoms with Gasteiger partial charge in [-0.1, -0.05) is 0 Å². The summed E-state index contributed by atoms with van der Waals surface area (Å²) in [5.74, 6) is 6.37. The van der Waals surface area contributed by atoms with Gasteiger partial charge in [-0.25, -0.2) is 10.8 Å². The molecular formula is C13H14N4O4. The van der Waals surface area contributed by atoms with Gasteiger partial charge < -0.3 is 14.9 Å². The van der Waals surface area contributed by atoms with E-state index in [-0.39, 0.29) is 18.0 Å². The van der Waals surface area contributed by atoms with Gasteiger partial charge in [-0.05, 0) is 23.8 Å². The van der Waals surface area contributed by atoms with Gasteiger partial charge in [-0.3, -0.25) is 10.1 Å². The van der Waals surface area contributed by atoms with Crippen LogP contribution in [0.4, 0.5) is 11.5 Å². The number of aromatic nitrogens is 1. The number of hydrogen-bond donors (Lipinski definition) is 2. The topological polar surface area (TPSA) is 113 Å². The standard InChI is InChI=1S/C13H14N4O4/c1-20-10-2-3-11(17(18)19)12(7-10)21-8-9-4-5-15-13(6-9)16-14/h2-7H,8,14H2,1H3,(H,15,16). The number of nitrogens with two attached hydrogens (primary N) is 1. The largest absolute Gasteiger partial charge is 0.497 e. The van der Waals surface area contributed by atoms with Crippen molar-refractivity contribution in [2.75, 3.05) is 12.5 Å². The number of hydrazine groups is 1. The highest BCUT2D eigenvalue weighted by Gasteiger charge is 2.16. The summed E-state index contributed by atoms with van der Waals surface area (Å²) < 4.78 is 10.5. The molecule has 0 aliphatic rings. The second kappa shape index (κ2) is 6.53. The first-order valence-electron chi connectivity index (χ1n) is 6.01. The Labute approximate surface area is 120 Å². The third-order valence-electron chi connectivity index (χ3n) is 2.73. The highest BCUT2D eigenvalue weighted by atomic mass is 16.6. The van der Waals surface area contributed by atoms with Gasteiger partial charge in [0.15, 0.2) is 0 Å². The van der Waals surface area contributed by atoms with Gasteiger partial charge in [0.25, 0.3) is 0 Å². The van der Waals surface area contributed by atoms with Gasteiger partial charge in [-0.2, -0.15) is 0 Å². The monoisotopic (exact) mass is 290 g/mol. The van der Waals surface area contributed by atoms with Gasteiger partial charge in [-0.15, -0.1) is 0 Å². The lowest BCUT2D eigenvalue weighted by atomic mass is 10.2. The maximum atomic E-state index is 11.0. The van der Waals surface area contributed by atoms with Crippen molar-refractivity contribution in [2.24, 2.45) is 5.84 Å². The van der Waals surface area contributed by atoms with Crippen LogP contribution >= 0.6 is 0 Å². The molecule has 1 aromatic heterocycles. The smallest absolute Gasteiger partial charge is 0.311 e. The van der Waals surface area contributed by atoms with Gasteiger partial charge >= 0.3 is 5.69 Å². The van der Waals surface area contributed by atoms with E-state index in [9.17, 15) is 10.1 Å². The lowest BCUT2D eigenvalue weighted by Gasteiger charge is -2.09. The molecule has 8 heteroatoms. The summed E-state index contributed by atoms with van der Waals surface area (Å²) in [4.78, 5) is 14.4. The van der Waals surface area contributed by atoms with E-state index >= 15 is 0 Å². The van der Waals surface area contributed by atoms with Crippen LogP contribution < -0.4 is 20.7 Å². The SMILES string of the molecule is COc1ccc([N+](=O)[O-])c(OCc2ccnc(NN)c2)c1. The highest BCUT2D eigenvalue weighted by Crippen LogP contribution is 2.31. The Bertz CT molecular complexity index is 648. The van der Waals surface area contributed by atoms with E-state index in [1.165, 1.54) is 25.3 Å². The zero-order valence-corrected chi connectivity index (χ0v) is 11.3. The van der Waals surface area contributed by atoms with Crippen LogP contribution in [0.15, 0.2) is 36.5 Å². The number of ether oxygens (including phenoxy) is 2. The summed E-state index contributed by atoms with van der Waals surface area (Å²) in [6.45, 7) is 0.144. The number of benzene rings is 1. The Kier molecular flexibility index (Phi) is 4.52. The van der Waals surface area contributed by atoms with Crippen LogP contribution in [-0.4, -0.2) is 17.0 Å². The van der Waals surface area contributed by atoms with Gasteiger partial charge in [0.05, 0.1) is 12.0 Å². The van der Waals surface area contributed by atoms with Crippen LogP contribution in [0.3, 0.4) is 0 Å². The van der Waals surface area contributed by atoms with Crippen molar-refractivity contribution < 1.29 is 14.4 Å². The molecule has 110 valence electrons. The van der Waals surface area contributed by atoms with Crippen molar-refractivity contribution in [3.8, 4) is 11.5 Å². The average Bonchev–Trinajstić information content (AvgIpc) is 2.52. The molecule has 0 aliphatic heterocycles. The minimum atomic E-state index is -0.506. The van der Waals surface area contributed by atoms with Crippen LogP contribution in [0.25, 0.3) is 0 Å². The van der Waals surface area contributed by atoms with Crippen molar-refractivity contribution >= 4 is 11.5 Å². The van der Waals surface area contributed by atoms with Gasteiger partial charge in [0.1, 0.15) is 18.2 Å². The third kappa shape index (κ3) is 3.57. The Morgan fingerprint density at radius 2 is 2.19 bits per heavy atom. The molecular weight excluding hydrogens is 276 g/mol. The number of methoxy groups -OCH3 is 1. The van der Waals surface area contributed by atoms with Crippen molar-refractivity contribution in [2.45, 2.75) is 6.61 Å². The molecule has 1 aromatic carbocycles. The zero-order chi connectivity index (χ0) is 15.2. The number of nitro benzene ring substituents is 1. The molecule has 0 fully saturated rings. The van der Waals surface area contributed by atoms with Crippen molar-refractivity contribution in [1.29, 1.82) is 0 Å². The molecule has 0 radical (unpaired) electrons. The van der Waals surface area contributed by atoms with E-state index in [2.05, 4.69) is 10.4 Å². The van der Waals surface area contributed by atoms with Crippen LogP contribution in [0.5, 0.6) is 11.5 Å². The van der Waals surface area contributed by atoms with E-state index in [4.69, 9.17) is 15.3 Å². The van der Waals surface area contributed by atoms with E-state index in [1.807, 2.05) is 0 Å². The molecule has 0 unspecified atom stereocenters. The Morgan fingerprint density at radius 3 is 2.86 bits per heavy atom. The van der Waals surface area contributed by atoms with Gasteiger partial charge in [0, 0.05) is 18.3 Å². The Hall–Kier alpha value is -2.87. The quantitative estimate of drug-likeness (QED) is 0.474. The molecule has 0 amide bonds. The molecule has 3 N–H and O–H groups in total. The van der Waals surface area contributed by atoms with Crippen LogP contribution in [0.2, 0.25) is 0 Å². The molecule has 0 atom stereocenters. The Balaban J connectivity index is 2.19. The summed E-state index contributed by atoms with van der Waals surface area (Å²) in [6, 6.07) is 7.74. The fourth-order valence-corrected chi connectivity index (χ4v) is 1.69. The van der Waals surface area contributed by atoms with Crippen LogP contribution in [0.1, 0.15) is 5.56 Å². The number of anilines is 1. The molecule has 0 spiro atoms. The first-order valence-corrected chi connectivity index (χ1v) is 6.01. The maximum absolute atomic E-state index is 11.0. The lowest BCUT2D eigenvalue weighted by molar-refractivity contribution is -0.386. The predicted molar refractivity (Wildman–Crippen MR) is 76.0 cm³/mol. The number of nitrogens with one attached hydrogen (secondary N) is 1. The highest BCUT2D eigenvalue weighted by molar-refractivity contribution is 5.50. The number of rotatable bonds is 6. The Morgan fingerprint density at radius 1 is 1.38 bits per heavy atom. The van der Waals surface area contributed by atoms with E-state index < -0.39 is 4.92 Å². The van der Waals surface area contributed by atoms with Gasteiger partial charge in [0.2, 0.25) is 5.75 Å². The average molecular weight is 290 g/mol. The molecule has 21 heavy (non-hydrogen) atoms. The molecule has 1 heterocycles. The van der Waals surface area contributed by atoms with E-state index in [1.54, 1.807) is 18.3 Å². The van der Waals surface area contributed by atoms with Crippen molar-refractivity contribution in [1.82, 2.24) is 4.98 Å². The third-order valence-corrected chi connectivity index (χ3v) is 2.73. The second-order valence-corrected chi connectivity index (χ2v) is 4.07. The molecule has 0 saturated carbocycles. The summed E-state index contributed by atoms with van der Waals surface area (Å²) in [5, 5.41) is 11.0. The molecule has 0 saturated heterocycles. The van der Waals surface area contributed by atoms with Crippen LogP contribution in [0, 0.1) is 10.1 Å². The fourth-order valence-electron chi connectivity index (χ4n) is 1.69. The number of hydrogen-bond acceptors (Lipinski definition) is 7. The molecule has 2 rings (SSSR count). The minimum Gasteiger partial charge on any atom is -0.497 e. The van der Waals surface area contributed by atoms with Crippen molar-refractivity contribution in [3.05, 3.63) is 52.2 Å². The minimum absolute atomic E-state index is 0.123. The number of nitro groups is 1. The second-order valence-electron chi connectivity index (χ2n) is 4.07. The van der Waals surface area contributed by atoms with Crippen LogP contribution in [-0.2, 0) is 6.61 Å². The van der Waals surface area contributed by atoms with E-state index in [0.29, 0.717) is 11.6 Å². The fraction of sp³-hybridized carbons (Fsp3) is 0.154. The summed E-state index contributed by atoms with van der Waals surface area (Å²) >= 11 is 0. The number of nitrogens with zero attached hydrogens (tertiary/aromatic N) is 2. The number of pyridine rings is 1. The number of nitrogen functional groups attached to an aromatic ring is 1. The maximum Gasteiger partial charge on any atom is 0.311 e. The predicted octanol–water partition coefficient (Wildman–Crippen LogP) is 1.86. The summed E-state index contributed by atoms with van der Waals surface area (Å²) in [6.07, 6.45) is 1.56. The summed E-state index contributed by atoms with van der Waals surface area (Å²) in [7, 11) is 1.48. The molecule has 8 nitrogen and oxygen atoms in total. The summed E-state index contributed by atoms with van der Waals surface area (Å²) in [5.41, 5.74) is 3.07.